The third kappa shape index (κ3) is 6.86. The van der Waals surface area contributed by atoms with E-state index in [4.69, 9.17) is 4.74 Å². The van der Waals surface area contributed by atoms with Crippen molar-refractivity contribution in [2.45, 2.75) is 57.1 Å². The number of halogens is 3. The topological polar surface area (TPSA) is 9.23 Å². The van der Waals surface area contributed by atoms with Crippen LogP contribution in [0.3, 0.4) is 0 Å². The first-order valence-electron chi connectivity index (χ1n) is 7.69. The van der Waals surface area contributed by atoms with Crippen molar-refractivity contribution >= 4 is 49.8 Å². The highest BCUT2D eigenvalue weighted by Crippen LogP contribution is 2.35. The Morgan fingerprint density at radius 2 is 1.67 bits per heavy atom. The lowest BCUT2D eigenvalue weighted by atomic mass is 9.82. The Labute approximate surface area is 153 Å². The molecule has 118 valence electrons. The van der Waals surface area contributed by atoms with Gasteiger partial charge in [-0.3, -0.25) is 0 Å². The lowest BCUT2D eigenvalue weighted by Crippen LogP contribution is -2.21. The molecule has 1 fully saturated rings. The molecule has 1 aromatic rings. The van der Waals surface area contributed by atoms with Crippen molar-refractivity contribution in [2.75, 3.05) is 6.61 Å². The molecule has 2 rings (SSSR count). The molecule has 1 aliphatic rings. The van der Waals surface area contributed by atoms with E-state index in [1.165, 1.54) is 36.8 Å². The van der Waals surface area contributed by atoms with E-state index in [0.717, 1.165) is 25.0 Å². The molecule has 0 heterocycles. The molecule has 0 aliphatic heterocycles. The van der Waals surface area contributed by atoms with Crippen LogP contribution in [0.5, 0.6) is 0 Å². The van der Waals surface area contributed by atoms with E-state index in [1.807, 2.05) is 0 Å². The summed E-state index contributed by atoms with van der Waals surface area (Å²) in [5.41, 5.74) is 2.86. The van der Waals surface area contributed by atoms with Gasteiger partial charge in [0, 0.05) is 6.61 Å². The van der Waals surface area contributed by atoms with Gasteiger partial charge in [-0.15, -0.1) is 0 Å². The zero-order chi connectivity index (χ0) is 15.3. The fourth-order valence-corrected chi connectivity index (χ4v) is 5.99. The summed E-state index contributed by atoms with van der Waals surface area (Å²) in [4.78, 5) is 0. The quantitative estimate of drug-likeness (QED) is 0.245. The first kappa shape index (κ1) is 18.2. The smallest absolute Gasteiger partial charge is 0.267 e. The van der Waals surface area contributed by atoms with Crippen LogP contribution in [0.1, 0.15) is 49.1 Å². The largest absolute Gasteiger partial charge is 0.378 e. The van der Waals surface area contributed by atoms with Gasteiger partial charge in [-0.1, -0.05) is 75.7 Å². The summed E-state index contributed by atoms with van der Waals surface area (Å²) in [5.74, 6) is 0.734. The van der Waals surface area contributed by atoms with Crippen molar-refractivity contribution < 1.29 is 4.74 Å². The van der Waals surface area contributed by atoms with Gasteiger partial charge >= 0.3 is 0 Å². The van der Waals surface area contributed by atoms with E-state index >= 15 is 0 Å². The highest BCUT2D eigenvalue weighted by atomic mass is 80.0. The number of rotatable bonds is 6. The lowest BCUT2D eigenvalue weighted by Gasteiger charge is -2.29. The second-order valence-electron chi connectivity index (χ2n) is 5.97. The van der Waals surface area contributed by atoms with Crippen LogP contribution in [-0.4, -0.2) is 16.6 Å². The van der Waals surface area contributed by atoms with Crippen molar-refractivity contribution in [3.05, 3.63) is 35.4 Å². The number of hydrogen-bond donors (Lipinski definition) is 0. The predicted molar refractivity (Wildman–Crippen MR) is 104 cm³/mol. The second kappa shape index (κ2) is 8.62. The van der Waals surface area contributed by atoms with Crippen LogP contribution < -0.4 is 0 Å². The molecule has 0 radical (unpaired) electrons. The third-order valence-corrected chi connectivity index (χ3v) is 8.67. The monoisotopic (exact) mass is 496 g/mol. The number of benzene rings is 1. The van der Waals surface area contributed by atoms with Crippen molar-refractivity contribution in [1.82, 2.24) is 0 Å². The molecule has 1 aliphatic carbocycles. The average molecular weight is 499 g/mol. The maximum absolute atomic E-state index is 6.04. The molecule has 21 heavy (non-hydrogen) atoms. The molecule has 1 aromatic carbocycles. The second-order valence-corrected chi connectivity index (χ2v) is 29.5. The van der Waals surface area contributed by atoms with Gasteiger partial charge in [-0.2, -0.15) is 0 Å². The van der Waals surface area contributed by atoms with E-state index in [9.17, 15) is 0 Å². The molecule has 0 amide bonds. The van der Waals surface area contributed by atoms with Gasteiger partial charge in [-0.25, -0.2) is 0 Å². The first-order valence-corrected chi connectivity index (χ1v) is 16.7. The molecule has 0 unspecified atom stereocenters. The van der Waals surface area contributed by atoms with Gasteiger partial charge in [-0.05, 0) is 56.6 Å². The summed E-state index contributed by atoms with van der Waals surface area (Å²) in [6.07, 6.45) is 6.54. The van der Waals surface area contributed by atoms with Crippen molar-refractivity contribution in [3.8, 4) is 0 Å². The van der Waals surface area contributed by atoms with Crippen LogP contribution in [0.25, 0.3) is 0 Å². The zero-order valence-corrected chi connectivity index (χ0v) is 18.2. The summed E-state index contributed by atoms with van der Waals surface area (Å²) < 4.78 is 4.60. The molecule has 0 spiro atoms. The Morgan fingerprint density at radius 1 is 1.05 bits per heavy atom. The van der Waals surface area contributed by atoms with Crippen LogP contribution in [0.15, 0.2) is 24.3 Å². The van der Waals surface area contributed by atoms with E-state index in [0.29, 0.717) is 6.10 Å². The number of hydrogen-bond acceptors (Lipinski definition) is 1. The Hall–Kier alpha value is 0.837. The summed E-state index contributed by atoms with van der Waals surface area (Å²) in [6.45, 7) is 3.04. The van der Waals surface area contributed by atoms with Gasteiger partial charge in [0.05, 0.1) is 6.10 Å². The Morgan fingerprint density at radius 3 is 2.24 bits per heavy atom. The zero-order valence-electron chi connectivity index (χ0n) is 12.5. The number of aryl methyl sites for hydroxylation is 1. The molecule has 0 saturated heterocycles. The molecule has 0 aromatic heterocycles. The van der Waals surface area contributed by atoms with E-state index in [-0.39, 0.29) is 0 Å². The number of ether oxygens (including phenoxy) is 1. The van der Waals surface area contributed by atoms with E-state index in [2.05, 4.69) is 77.1 Å². The summed E-state index contributed by atoms with van der Waals surface area (Å²) in [5, 5.41) is 0. The van der Waals surface area contributed by atoms with Crippen molar-refractivity contribution in [3.63, 3.8) is 0 Å². The molecule has 1 saturated carbocycles. The Bertz CT molecular complexity index is 422. The standard InChI is InChI=1S/C16H23Br3OSi/c1-13-3-5-14(6-4-13)15-7-9-16(10-8-15)20-11-2-12-21(17,18)19/h3-6,15-16H,2,7-12H2,1H3/t15-,16-. The fraction of sp³-hybridized carbons (Fsp3) is 0.625. The van der Waals surface area contributed by atoms with Crippen molar-refractivity contribution in [2.24, 2.45) is 0 Å². The van der Waals surface area contributed by atoms with Crippen LogP contribution in [0.2, 0.25) is 6.04 Å². The summed E-state index contributed by atoms with van der Waals surface area (Å²) >= 11 is 11.0. The first-order chi connectivity index (χ1) is 9.94. The van der Waals surface area contributed by atoms with Crippen molar-refractivity contribution in [1.29, 1.82) is 0 Å². The molecule has 0 atom stereocenters. The van der Waals surface area contributed by atoms with Crippen LogP contribution in [0, 0.1) is 6.92 Å². The van der Waals surface area contributed by atoms with Gasteiger partial charge in [0.25, 0.3) is 3.93 Å². The normalized spacial score (nSPS) is 23.2. The molecule has 0 bridgehead atoms. The molecular formula is C16H23Br3OSi. The SMILES string of the molecule is Cc1ccc([C@H]2CC[C@H](OCCC[Si](Br)(Br)Br)CC2)cc1. The molecule has 0 N–H and O–H groups in total. The maximum atomic E-state index is 6.04. The molecule has 1 nitrogen and oxygen atoms in total. The fourth-order valence-electron chi connectivity index (χ4n) is 2.92. The highest BCUT2D eigenvalue weighted by molar-refractivity contribution is 9.72. The minimum atomic E-state index is -1.45. The summed E-state index contributed by atoms with van der Waals surface area (Å²) in [6, 6.07) is 10.2. The predicted octanol–water partition coefficient (Wildman–Crippen LogP) is 6.55. The van der Waals surface area contributed by atoms with Crippen LogP contribution in [-0.2, 0) is 4.74 Å². The molecular weight excluding hydrogens is 476 g/mol. The average Bonchev–Trinajstić information content (AvgIpc) is 2.44. The maximum Gasteiger partial charge on any atom is 0.267 e. The third-order valence-electron chi connectivity index (χ3n) is 4.18. The van der Waals surface area contributed by atoms with Gasteiger partial charge in [0.2, 0.25) is 0 Å². The van der Waals surface area contributed by atoms with Crippen LogP contribution >= 0.6 is 45.9 Å². The van der Waals surface area contributed by atoms with Gasteiger partial charge in [0.1, 0.15) is 0 Å². The van der Waals surface area contributed by atoms with E-state index < -0.39 is 3.93 Å². The Balaban J connectivity index is 1.67. The van der Waals surface area contributed by atoms with Crippen LogP contribution in [0.4, 0.5) is 0 Å². The van der Waals surface area contributed by atoms with Gasteiger partial charge in [0.15, 0.2) is 0 Å². The minimum Gasteiger partial charge on any atom is -0.378 e. The minimum absolute atomic E-state index is 0.476. The van der Waals surface area contributed by atoms with E-state index in [1.54, 1.807) is 0 Å². The Kier molecular flexibility index (Phi) is 7.46. The molecule has 5 heteroatoms. The summed E-state index contributed by atoms with van der Waals surface area (Å²) in [7, 11) is 0. The highest BCUT2D eigenvalue weighted by Gasteiger charge is 2.24. The lowest BCUT2D eigenvalue weighted by molar-refractivity contribution is 0.0251. The van der Waals surface area contributed by atoms with Gasteiger partial charge < -0.3 is 4.74 Å².